The average molecular weight is 370 g/mol. The average Bonchev–Trinajstić information content (AvgIpc) is 2.83. The molecule has 0 aliphatic rings. The van der Waals surface area contributed by atoms with Crippen molar-refractivity contribution in [3.63, 3.8) is 0 Å². The molecule has 6 nitrogen and oxygen atoms in total. The zero-order valence-corrected chi connectivity index (χ0v) is 15.7. The Morgan fingerprint density at radius 1 is 1.15 bits per heavy atom. The van der Waals surface area contributed by atoms with E-state index in [0.29, 0.717) is 17.3 Å². The van der Waals surface area contributed by atoms with Crippen LogP contribution in [0.2, 0.25) is 5.15 Å². The highest BCUT2D eigenvalue weighted by atomic mass is 35.5. The van der Waals surface area contributed by atoms with Crippen molar-refractivity contribution in [2.75, 3.05) is 5.73 Å². The first-order valence-corrected chi connectivity index (χ1v) is 8.55. The topological polar surface area (TPSA) is 78.2 Å². The van der Waals surface area contributed by atoms with E-state index in [0.717, 1.165) is 21.5 Å². The van der Waals surface area contributed by atoms with Crippen LogP contribution in [0.4, 0.5) is 5.82 Å². The first-order valence-electron chi connectivity index (χ1n) is 8.17. The fraction of sp³-hybridized carbons (Fsp3) is 0.211. The van der Waals surface area contributed by atoms with E-state index >= 15 is 0 Å². The van der Waals surface area contributed by atoms with E-state index in [1.165, 1.54) is 17.8 Å². The molecule has 2 heterocycles. The Hall–Kier alpha value is -2.86. The number of aromatic nitrogens is 3. The predicted molar refractivity (Wildman–Crippen MR) is 105 cm³/mol. The Kier molecular flexibility index (Phi) is 4.95. The van der Waals surface area contributed by atoms with E-state index in [9.17, 15) is 4.79 Å². The molecule has 2 N–H and O–H groups in total. The highest BCUT2D eigenvalue weighted by molar-refractivity contribution is 6.32. The summed E-state index contributed by atoms with van der Waals surface area (Å²) in [5.41, 5.74) is 10.1. The molecule has 0 spiro atoms. The van der Waals surface area contributed by atoms with E-state index < -0.39 is 0 Å². The minimum Gasteiger partial charge on any atom is -0.384 e. The van der Waals surface area contributed by atoms with Crippen LogP contribution in [0.5, 0.6) is 0 Å². The van der Waals surface area contributed by atoms with Crippen molar-refractivity contribution < 1.29 is 0 Å². The molecule has 0 radical (unpaired) electrons. The lowest BCUT2D eigenvalue weighted by molar-refractivity contribution is 0.680. The molecule has 0 aliphatic carbocycles. The van der Waals surface area contributed by atoms with Crippen molar-refractivity contribution in [3.05, 3.63) is 79.9 Å². The lowest BCUT2D eigenvalue weighted by atomic mass is 10.1. The zero-order valence-electron chi connectivity index (χ0n) is 14.9. The van der Waals surface area contributed by atoms with Gasteiger partial charge in [0.25, 0.3) is 5.56 Å². The van der Waals surface area contributed by atoms with E-state index in [4.69, 9.17) is 17.3 Å². The fourth-order valence-electron chi connectivity index (χ4n) is 2.64. The third kappa shape index (κ3) is 3.70. The maximum absolute atomic E-state index is 12.0. The molecule has 134 valence electrons. The monoisotopic (exact) mass is 369 g/mol. The van der Waals surface area contributed by atoms with Gasteiger partial charge in [-0.25, -0.2) is 4.68 Å². The number of nitrogens with two attached hydrogens (primary N) is 1. The Labute approximate surface area is 156 Å². The van der Waals surface area contributed by atoms with Crippen LogP contribution in [-0.4, -0.2) is 20.7 Å². The SMILES string of the molecule is Cc1ccc(Cn2nc(C)c(C=Nn3c(N)cc(C)cc3=O)c2Cl)cc1. The first kappa shape index (κ1) is 17.9. The Morgan fingerprint density at radius 2 is 1.85 bits per heavy atom. The van der Waals surface area contributed by atoms with Gasteiger partial charge in [-0.05, 0) is 38.0 Å². The van der Waals surface area contributed by atoms with Crippen molar-refractivity contribution in [2.24, 2.45) is 5.10 Å². The van der Waals surface area contributed by atoms with Gasteiger partial charge in [-0.15, -0.1) is 0 Å². The number of halogens is 1. The molecule has 1 aromatic carbocycles. The van der Waals surface area contributed by atoms with Crippen LogP contribution in [0.25, 0.3) is 0 Å². The molecule has 0 fully saturated rings. The van der Waals surface area contributed by atoms with Gasteiger partial charge in [-0.2, -0.15) is 14.9 Å². The number of rotatable bonds is 4. The fourth-order valence-corrected chi connectivity index (χ4v) is 2.93. The van der Waals surface area contributed by atoms with Gasteiger partial charge in [-0.3, -0.25) is 4.79 Å². The van der Waals surface area contributed by atoms with E-state index in [2.05, 4.69) is 22.3 Å². The summed E-state index contributed by atoms with van der Waals surface area (Å²) in [6.45, 7) is 6.25. The molecule has 3 aromatic rings. The van der Waals surface area contributed by atoms with Crippen molar-refractivity contribution in [2.45, 2.75) is 27.3 Å². The number of hydrogen-bond donors (Lipinski definition) is 1. The standard InChI is InChI=1S/C19H20ClN5O/c1-12-4-6-15(7-5-12)11-24-19(20)16(14(3)23-24)10-22-25-17(21)8-13(2)9-18(25)26/h4-10H,11,21H2,1-3H3. The molecule has 3 rings (SSSR count). The molecule has 26 heavy (non-hydrogen) atoms. The maximum Gasteiger partial charge on any atom is 0.273 e. The molecule has 0 saturated carbocycles. The Balaban J connectivity index is 1.91. The van der Waals surface area contributed by atoms with Gasteiger partial charge in [0.05, 0.1) is 24.0 Å². The van der Waals surface area contributed by atoms with Gasteiger partial charge in [0, 0.05) is 6.07 Å². The summed E-state index contributed by atoms with van der Waals surface area (Å²) in [5.74, 6) is 0.270. The smallest absolute Gasteiger partial charge is 0.273 e. The molecular weight excluding hydrogens is 350 g/mol. The molecule has 0 saturated heterocycles. The summed E-state index contributed by atoms with van der Waals surface area (Å²) >= 11 is 6.47. The predicted octanol–water partition coefficient (Wildman–Crippen LogP) is 3.14. The van der Waals surface area contributed by atoms with Crippen LogP contribution in [0.15, 0.2) is 46.3 Å². The normalized spacial score (nSPS) is 11.4. The molecule has 0 amide bonds. The second-order valence-corrected chi connectivity index (χ2v) is 6.64. The number of aryl methyl sites for hydroxylation is 3. The number of nitrogen functional groups attached to an aromatic ring is 1. The largest absolute Gasteiger partial charge is 0.384 e. The van der Waals surface area contributed by atoms with Gasteiger partial charge in [0.15, 0.2) is 0 Å². The van der Waals surface area contributed by atoms with Gasteiger partial charge in [0.2, 0.25) is 0 Å². The van der Waals surface area contributed by atoms with Crippen LogP contribution >= 0.6 is 11.6 Å². The third-order valence-electron chi connectivity index (χ3n) is 4.04. The minimum absolute atomic E-state index is 0.270. The van der Waals surface area contributed by atoms with Crippen molar-refractivity contribution >= 4 is 23.6 Å². The summed E-state index contributed by atoms with van der Waals surface area (Å²) in [7, 11) is 0. The number of nitrogens with zero attached hydrogens (tertiary/aromatic N) is 4. The summed E-state index contributed by atoms with van der Waals surface area (Å²) in [5, 5.41) is 9.12. The number of anilines is 1. The minimum atomic E-state index is -0.292. The van der Waals surface area contributed by atoms with Gasteiger partial charge in [-0.1, -0.05) is 41.4 Å². The zero-order chi connectivity index (χ0) is 18.8. The molecule has 0 atom stereocenters. The summed E-state index contributed by atoms with van der Waals surface area (Å²) in [6, 6.07) is 11.4. The van der Waals surface area contributed by atoms with Crippen molar-refractivity contribution in [3.8, 4) is 0 Å². The summed E-state index contributed by atoms with van der Waals surface area (Å²) in [4.78, 5) is 12.0. The van der Waals surface area contributed by atoms with E-state index in [1.54, 1.807) is 10.7 Å². The Morgan fingerprint density at radius 3 is 2.50 bits per heavy atom. The molecule has 0 aliphatic heterocycles. The molecule has 7 heteroatoms. The quantitative estimate of drug-likeness (QED) is 0.717. The Bertz CT molecular complexity index is 1030. The van der Waals surface area contributed by atoms with Crippen molar-refractivity contribution in [1.82, 2.24) is 14.5 Å². The van der Waals surface area contributed by atoms with Gasteiger partial charge in [0.1, 0.15) is 11.0 Å². The lowest BCUT2D eigenvalue weighted by Crippen LogP contribution is -2.19. The highest BCUT2D eigenvalue weighted by Gasteiger charge is 2.12. The van der Waals surface area contributed by atoms with Crippen LogP contribution in [0.3, 0.4) is 0 Å². The number of benzene rings is 1. The molecular formula is C19H20ClN5O. The van der Waals surface area contributed by atoms with Crippen LogP contribution in [-0.2, 0) is 6.54 Å². The summed E-state index contributed by atoms with van der Waals surface area (Å²) < 4.78 is 2.85. The second kappa shape index (κ2) is 7.17. The van der Waals surface area contributed by atoms with Gasteiger partial charge < -0.3 is 5.73 Å². The number of pyridine rings is 1. The first-order chi connectivity index (χ1) is 12.3. The summed E-state index contributed by atoms with van der Waals surface area (Å²) in [6.07, 6.45) is 1.52. The van der Waals surface area contributed by atoms with Crippen LogP contribution < -0.4 is 11.3 Å². The molecule has 2 aromatic heterocycles. The van der Waals surface area contributed by atoms with Crippen LogP contribution in [0, 0.1) is 20.8 Å². The second-order valence-electron chi connectivity index (χ2n) is 6.29. The number of hydrogen-bond acceptors (Lipinski definition) is 4. The lowest BCUT2D eigenvalue weighted by Gasteiger charge is -2.05. The highest BCUT2D eigenvalue weighted by Crippen LogP contribution is 2.19. The van der Waals surface area contributed by atoms with Gasteiger partial charge >= 0.3 is 0 Å². The maximum atomic E-state index is 12.0. The molecule has 0 unspecified atom stereocenters. The van der Waals surface area contributed by atoms with E-state index in [1.807, 2.05) is 32.9 Å². The van der Waals surface area contributed by atoms with E-state index in [-0.39, 0.29) is 11.4 Å². The van der Waals surface area contributed by atoms with Crippen LogP contribution in [0.1, 0.15) is 27.9 Å². The van der Waals surface area contributed by atoms with Crippen molar-refractivity contribution in [1.29, 1.82) is 0 Å². The molecule has 0 bridgehead atoms. The third-order valence-corrected chi connectivity index (χ3v) is 4.44.